The number of hydrogen-bond donors (Lipinski definition) is 5. The third-order valence-corrected chi connectivity index (χ3v) is 12.8. The van der Waals surface area contributed by atoms with E-state index in [0.717, 1.165) is 34.7 Å². The highest BCUT2D eigenvalue weighted by Crippen LogP contribution is 2.41. The van der Waals surface area contributed by atoms with Crippen molar-refractivity contribution >= 4 is 58.3 Å². The van der Waals surface area contributed by atoms with Crippen molar-refractivity contribution in [1.29, 1.82) is 0 Å². The largest absolute Gasteiger partial charge is 0.382 e. The zero-order valence-corrected chi connectivity index (χ0v) is 39.7. The number of carbonyl (C=O) groups is 6. The van der Waals surface area contributed by atoms with Crippen molar-refractivity contribution in [2.24, 2.45) is 0 Å². The number of carbonyl (C=O) groups excluding carboxylic acids is 6. The van der Waals surface area contributed by atoms with E-state index in [9.17, 15) is 28.8 Å². The molecule has 5 N–H and O–H groups in total. The molecule has 0 radical (unpaired) electrons. The van der Waals surface area contributed by atoms with Crippen LogP contribution in [0.15, 0.2) is 61.2 Å². The number of hydrogen-bond acceptors (Lipinski definition) is 16. The Morgan fingerprint density at radius 1 is 0.819 bits per heavy atom. The molecule has 5 aromatic rings. The molecule has 4 aliphatic rings. The lowest BCUT2D eigenvalue weighted by Crippen LogP contribution is -2.54. The monoisotopic (exact) mass is 992 g/mol. The van der Waals surface area contributed by atoms with Crippen LogP contribution in [0, 0.1) is 5.82 Å². The minimum absolute atomic E-state index is 0.0497. The summed E-state index contributed by atoms with van der Waals surface area (Å²) in [6.07, 6.45) is 9.66. The SMILES string of the molecule is O=C(CCOCCOCCOCCOCCNc1cccc2c1C(=O)N(C1CCC(=O)NC1=O)C2=O)NCCN1CCN(C(=O)c2ccc(Nc3nc(C4CC4)cn4c(-c5cn[nH]c5)cnc34)c(F)c2)CC1. The smallest absolute Gasteiger partial charge is 0.264 e. The molecule has 1 saturated carbocycles. The molecule has 6 amide bonds. The Bertz CT molecular complexity index is 2780. The number of amides is 6. The highest BCUT2D eigenvalue weighted by molar-refractivity contribution is 6.25. The molecule has 3 aromatic heterocycles. The molecule has 22 nitrogen and oxygen atoms in total. The maximum absolute atomic E-state index is 15.6. The minimum atomic E-state index is -1.03. The molecule has 3 fully saturated rings. The molecule has 2 saturated heterocycles. The van der Waals surface area contributed by atoms with Gasteiger partial charge < -0.3 is 39.8 Å². The van der Waals surface area contributed by atoms with Crippen LogP contribution < -0.4 is 21.3 Å². The van der Waals surface area contributed by atoms with Gasteiger partial charge in [-0.25, -0.2) is 14.4 Å². The zero-order chi connectivity index (χ0) is 50.0. The molecule has 9 rings (SSSR count). The van der Waals surface area contributed by atoms with Crippen LogP contribution in [0.3, 0.4) is 0 Å². The van der Waals surface area contributed by atoms with E-state index in [1.54, 1.807) is 53.8 Å². The number of rotatable bonds is 25. The summed E-state index contributed by atoms with van der Waals surface area (Å²) in [4.78, 5) is 90.2. The van der Waals surface area contributed by atoms with Crippen LogP contribution in [0.25, 0.3) is 16.9 Å². The van der Waals surface area contributed by atoms with Gasteiger partial charge in [0.05, 0.1) is 93.5 Å². The summed E-state index contributed by atoms with van der Waals surface area (Å²) in [5.74, 6) is -2.39. The van der Waals surface area contributed by atoms with Crippen molar-refractivity contribution in [3.05, 3.63) is 89.4 Å². The van der Waals surface area contributed by atoms with Crippen LogP contribution in [0.4, 0.5) is 21.6 Å². The van der Waals surface area contributed by atoms with E-state index < -0.39 is 35.5 Å². The van der Waals surface area contributed by atoms with E-state index in [0.29, 0.717) is 115 Å². The number of piperazine rings is 1. The molecule has 380 valence electrons. The lowest BCUT2D eigenvalue weighted by Gasteiger charge is -2.34. The predicted octanol–water partition coefficient (Wildman–Crippen LogP) is 2.72. The highest BCUT2D eigenvalue weighted by Gasteiger charge is 2.45. The molecule has 3 aliphatic heterocycles. The molecule has 1 aliphatic carbocycles. The molecule has 0 spiro atoms. The second kappa shape index (κ2) is 23.4. The fourth-order valence-corrected chi connectivity index (χ4v) is 8.79. The second-order valence-electron chi connectivity index (χ2n) is 17.7. The molecular weight excluding hydrogens is 936 g/mol. The van der Waals surface area contributed by atoms with Crippen LogP contribution in [0.2, 0.25) is 0 Å². The third kappa shape index (κ3) is 11.9. The van der Waals surface area contributed by atoms with Crippen molar-refractivity contribution < 1.29 is 52.1 Å². The van der Waals surface area contributed by atoms with Crippen molar-refractivity contribution in [2.45, 2.75) is 44.1 Å². The van der Waals surface area contributed by atoms with Gasteiger partial charge in [0.1, 0.15) is 11.9 Å². The van der Waals surface area contributed by atoms with Crippen LogP contribution in [0.5, 0.6) is 0 Å². The molecule has 2 aromatic carbocycles. The number of aromatic nitrogens is 5. The molecule has 23 heteroatoms. The van der Waals surface area contributed by atoms with Crippen molar-refractivity contribution in [3.63, 3.8) is 0 Å². The van der Waals surface area contributed by atoms with Crippen molar-refractivity contribution in [2.75, 3.05) is 109 Å². The van der Waals surface area contributed by atoms with Gasteiger partial charge in [0, 0.05) is 93.8 Å². The first-order valence-corrected chi connectivity index (χ1v) is 24.2. The number of aromatic amines is 1. The van der Waals surface area contributed by atoms with Gasteiger partial charge in [-0.3, -0.25) is 53.4 Å². The lowest BCUT2D eigenvalue weighted by molar-refractivity contribution is -0.136. The molecule has 1 unspecified atom stereocenters. The average Bonchev–Trinajstić information content (AvgIpc) is 3.80. The normalized spacial score (nSPS) is 17.2. The lowest BCUT2D eigenvalue weighted by atomic mass is 10.0. The number of nitrogens with zero attached hydrogens (tertiary/aromatic N) is 7. The molecule has 0 bridgehead atoms. The quantitative estimate of drug-likeness (QED) is 0.0416. The van der Waals surface area contributed by atoms with Gasteiger partial charge in [0.15, 0.2) is 11.5 Å². The topological polar surface area (TPSA) is 256 Å². The highest BCUT2D eigenvalue weighted by atomic mass is 19.1. The van der Waals surface area contributed by atoms with Gasteiger partial charge in [0.25, 0.3) is 17.7 Å². The first-order valence-electron chi connectivity index (χ1n) is 24.2. The summed E-state index contributed by atoms with van der Waals surface area (Å²) < 4.78 is 39.8. The van der Waals surface area contributed by atoms with E-state index in [4.69, 9.17) is 23.9 Å². The molecule has 1 atom stereocenters. The Morgan fingerprint density at radius 2 is 1.57 bits per heavy atom. The Balaban J connectivity index is 0.579. The number of imide groups is 2. The average molecular weight is 993 g/mol. The van der Waals surface area contributed by atoms with E-state index in [1.165, 1.54) is 6.07 Å². The Morgan fingerprint density at radius 3 is 2.28 bits per heavy atom. The maximum atomic E-state index is 15.6. The van der Waals surface area contributed by atoms with Crippen molar-refractivity contribution in [3.8, 4) is 11.3 Å². The minimum Gasteiger partial charge on any atom is -0.382 e. The summed E-state index contributed by atoms with van der Waals surface area (Å²) in [5, 5.41) is 18.3. The number of benzene rings is 2. The van der Waals surface area contributed by atoms with E-state index in [2.05, 4.69) is 41.3 Å². The van der Waals surface area contributed by atoms with Crippen LogP contribution in [-0.2, 0) is 33.3 Å². The summed E-state index contributed by atoms with van der Waals surface area (Å²) >= 11 is 0. The first-order chi connectivity index (χ1) is 35.1. The fraction of sp³-hybridized carbons (Fsp3) is 0.449. The van der Waals surface area contributed by atoms with Crippen LogP contribution >= 0.6 is 0 Å². The summed E-state index contributed by atoms with van der Waals surface area (Å²) in [6.45, 7) is 6.28. The fourth-order valence-electron chi connectivity index (χ4n) is 8.79. The molecule has 6 heterocycles. The standard InChI is InChI=1S/C49H57FN12O10/c50-35-26-32(6-7-36(35)56-44-45-53-29-40(33-27-54-55-28-33)61(45)30-38(57-44)31-4-5-31)47(66)60-16-14-59(15-17-60)13-11-52-41(63)10-18-69-20-22-71-24-25-72-23-21-70-19-12-51-37-3-1-2-34-43(37)49(68)62(48(34)67)39-8-9-42(64)58-46(39)65/h1-3,6-7,26-31,39,51H,4-5,8-25H2,(H,52,63)(H,54,55)(H,56,57)(H,58,64,65). The van der Waals surface area contributed by atoms with Crippen molar-refractivity contribution in [1.82, 2.24) is 49.9 Å². The Kier molecular flexibility index (Phi) is 16.2. The summed E-state index contributed by atoms with van der Waals surface area (Å²) in [6, 6.07) is 8.29. The Hall–Kier alpha value is -7.18. The molecule has 72 heavy (non-hydrogen) atoms. The van der Waals surface area contributed by atoms with Gasteiger partial charge in [-0.1, -0.05) is 6.07 Å². The summed E-state index contributed by atoms with van der Waals surface area (Å²) in [5.41, 5.74) is 4.46. The number of nitrogens with one attached hydrogen (secondary N) is 5. The van der Waals surface area contributed by atoms with Gasteiger partial charge in [-0.05, 0) is 49.6 Å². The van der Waals surface area contributed by atoms with Gasteiger partial charge >= 0.3 is 0 Å². The molecular formula is C49H57FN12O10. The van der Waals surface area contributed by atoms with Gasteiger partial charge in [-0.15, -0.1) is 0 Å². The van der Waals surface area contributed by atoms with E-state index in [-0.39, 0.29) is 60.1 Å². The predicted molar refractivity (Wildman–Crippen MR) is 257 cm³/mol. The summed E-state index contributed by atoms with van der Waals surface area (Å²) in [7, 11) is 0. The second-order valence-corrected chi connectivity index (χ2v) is 17.7. The first kappa shape index (κ1) is 49.8. The van der Waals surface area contributed by atoms with Crippen LogP contribution in [-0.4, -0.2) is 179 Å². The van der Waals surface area contributed by atoms with Crippen LogP contribution in [0.1, 0.15) is 74.8 Å². The Labute approximate surface area is 413 Å². The van der Waals surface area contributed by atoms with E-state index in [1.807, 2.05) is 10.6 Å². The number of H-pyrrole nitrogens is 1. The van der Waals surface area contributed by atoms with Gasteiger partial charge in [0.2, 0.25) is 17.7 Å². The number of ether oxygens (including phenoxy) is 4. The number of fused-ring (bicyclic) bond motifs is 2. The number of imidazole rings is 1. The maximum Gasteiger partial charge on any atom is 0.264 e. The third-order valence-electron chi connectivity index (χ3n) is 12.8. The zero-order valence-electron chi connectivity index (χ0n) is 39.7. The number of anilines is 3. The van der Waals surface area contributed by atoms with E-state index >= 15 is 4.39 Å². The number of halogens is 1. The number of piperidine rings is 1. The van der Waals surface area contributed by atoms with Gasteiger partial charge in [-0.2, -0.15) is 5.10 Å².